The summed E-state index contributed by atoms with van der Waals surface area (Å²) in [4.78, 5) is 0. The molecule has 2 unspecified atom stereocenters. The summed E-state index contributed by atoms with van der Waals surface area (Å²) in [6, 6.07) is 7.54. The lowest BCUT2D eigenvalue weighted by molar-refractivity contribution is 0.249. The van der Waals surface area contributed by atoms with Gasteiger partial charge in [-0.3, -0.25) is 0 Å². The van der Waals surface area contributed by atoms with Crippen LogP contribution in [0.1, 0.15) is 37.4 Å². The minimum absolute atomic E-state index is 0.0169. The van der Waals surface area contributed by atoms with E-state index in [1.165, 1.54) is 12.8 Å². The van der Waals surface area contributed by atoms with Crippen LogP contribution >= 0.6 is 15.9 Å². The first-order valence-corrected chi connectivity index (χ1v) is 6.69. The van der Waals surface area contributed by atoms with E-state index in [1.807, 2.05) is 24.3 Å². The molecule has 0 aliphatic carbocycles. The second-order valence-corrected chi connectivity index (χ2v) is 5.28. The molecule has 0 amide bonds. The first kappa shape index (κ1) is 12.1. The minimum Gasteiger partial charge on any atom is -0.311 e. The van der Waals surface area contributed by atoms with Crippen LogP contribution < -0.4 is 5.32 Å². The third-order valence-electron chi connectivity index (χ3n) is 3.12. The van der Waals surface area contributed by atoms with Crippen LogP contribution in [0.15, 0.2) is 28.7 Å². The largest absolute Gasteiger partial charge is 0.311 e. The van der Waals surface area contributed by atoms with Crippen molar-refractivity contribution in [1.29, 1.82) is 0 Å². The molecule has 1 fully saturated rings. The van der Waals surface area contributed by atoms with Gasteiger partial charge in [0.05, 0.1) is 0 Å². The topological polar surface area (TPSA) is 12.0 Å². The fourth-order valence-electron chi connectivity index (χ4n) is 2.22. The van der Waals surface area contributed by atoms with E-state index < -0.39 is 6.17 Å². The van der Waals surface area contributed by atoms with Gasteiger partial charge in [0.1, 0.15) is 6.17 Å². The minimum atomic E-state index is -0.893. The Balaban J connectivity index is 2.07. The fraction of sp³-hybridized carbons (Fsp3) is 0.538. The van der Waals surface area contributed by atoms with E-state index in [9.17, 15) is 4.39 Å². The van der Waals surface area contributed by atoms with Crippen LogP contribution in [-0.4, -0.2) is 12.6 Å². The van der Waals surface area contributed by atoms with E-state index in [0.717, 1.165) is 29.4 Å². The summed E-state index contributed by atoms with van der Waals surface area (Å²) in [6.45, 7) is 0.944. The summed E-state index contributed by atoms with van der Waals surface area (Å²) in [6.07, 6.45) is 3.56. The zero-order chi connectivity index (χ0) is 11.4. The number of halogens is 2. The van der Waals surface area contributed by atoms with Gasteiger partial charge in [0, 0.05) is 10.5 Å². The first-order valence-electron chi connectivity index (χ1n) is 5.90. The maximum Gasteiger partial charge on any atom is 0.140 e. The summed E-state index contributed by atoms with van der Waals surface area (Å²) < 4.78 is 15.2. The fourth-order valence-corrected chi connectivity index (χ4v) is 2.63. The van der Waals surface area contributed by atoms with E-state index in [4.69, 9.17) is 0 Å². The van der Waals surface area contributed by atoms with E-state index in [-0.39, 0.29) is 6.04 Å². The molecule has 2 rings (SSSR count). The third kappa shape index (κ3) is 3.05. The van der Waals surface area contributed by atoms with Gasteiger partial charge in [-0.2, -0.15) is 0 Å². The highest BCUT2D eigenvalue weighted by Crippen LogP contribution is 2.27. The van der Waals surface area contributed by atoms with Gasteiger partial charge < -0.3 is 5.32 Å². The SMILES string of the molecule is FC(c1cccc(Br)c1)C1CCCCCN1. The molecule has 1 aliphatic rings. The van der Waals surface area contributed by atoms with Gasteiger partial charge in [-0.15, -0.1) is 0 Å². The molecule has 0 bridgehead atoms. The highest BCUT2D eigenvalue weighted by atomic mass is 79.9. The van der Waals surface area contributed by atoms with Crippen molar-refractivity contribution in [3.63, 3.8) is 0 Å². The number of hydrogen-bond acceptors (Lipinski definition) is 1. The molecule has 1 heterocycles. The Morgan fingerprint density at radius 2 is 2.19 bits per heavy atom. The maximum atomic E-state index is 14.3. The van der Waals surface area contributed by atoms with E-state index in [0.29, 0.717) is 0 Å². The summed E-state index contributed by atoms with van der Waals surface area (Å²) in [7, 11) is 0. The highest BCUT2D eigenvalue weighted by Gasteiger charge is 2.23. The van der Waals surface area contributed by atoms with Crippen molar-refractivity contribution in [2.45, 2.75) is 37.9 Å². The first-order chi connectivity index (χ1) is 7.77. The Morgan fingerprint density at radius 3 is 3.00 bits per heavy atom. The normalized spacial score (nSPS) is 23.8. The molecule has 1 aromatic carbocycles. The second-order valence-electron chi connectivity index (χ2n) is 4.37. The number of nitrogens with one attached hydrogen (secondary N) is 1. The Labute approximate surface area is 105 Å². The van der Waals surface area contributed by atoms with Crippen LogP contribution in [-0.2, 0) is 0 Å². The number of alkyl halides is 1. The number of benzene rings is 1. The predicted molar refractivity (Wildman–Crippen MR) is 68.2 cm³/mol. The standard InChI is InChI=1S/C13H17BrFN/c14-11-6-4-5-10(9-11)13(15)12-7-2-1-3-8-16-12/h4-6,9,12-13,16H,1-3,7-8H2. The van der Waals surface area contributed by atoms with Crippen LogP contribution in [0.2, 0.25) is 0 Å². The predicted octanol–water partition coefficient (Wildman–Crippen LogP) is 3.99. The molecule has 88 valence electrons. The van der Waals surface area contributed by atoms with Gasteiger partial charge >= 0.3 is 0 Å². The van der Waals surface area contributed by atoms with Gasteiger partial charge in [0.2, 0.25) is 0 Å². The Bertz CT molecular complexity index is 334. The molecule has 1 aliphatic heterocycles. The van der Waals surface area contributed by atoms with E-state index >= 15 is 0 Å². The molecular formula is C13H17BrFN. The molecular weight excluding hydrogens is 269 g/mol. The third-order valence-corrected chi connectivity index (χ3v) is 3.61. The van der Waals surface area contributed by atoms with Crippen LogP contribution in [0, 0.1) is 0 Å². The van der Waals surface area contributed by atoms with Crippen molar-refractivity contribution >= 4 is 15.9 Å². The van der Waals surface area contributed by atoms with Crippen LogP contribution in [0.25, 0.3) is 0 Å². The van der Waals surface area contributed by atoms with E-state index in [2.05, 4.69) is 21.2 Å². The average molecular weight is 286 g/mol. The lowest BCUT2D eigenvalue weighted by Gasteiger charge is -2.20. The summed E-state index contributed by atoms with van der Waals surface area (Å²) >= 11 is 3.38. The molecule has 3 heteroatoms. The van der Waals surface area contributed by atoms with Crippen molar-refractivity contribution in [2.75, 3.05) is 6.54 Å². The molecule has 1 aromatic rings. The average Bonchev–Trinajstić information content (AvgIpc) is 2.56. The van der Waals surface area contributed by atoms with Crippen molar-refractivity contribution < 1.29 is 4.39 Å². The molecule has 2 atom stereocenters. The Morgan fingerprint density at radius 1 is 1.31 bits per heavy atom. The van der Waals surface area contributed by atoms with Gasteiger partial charge in [-0.25, -0.2) is 4.39 Å². The van der Waals surface area contributed by atoms with Gasteiger partial charge in [-0.1, -0.05) is 40.9 Å². The van der Waals surface area contributed by atoms with Crippen molar-refractivity contribution in [3.05, 3.63) is 34.3 Å². The quantitative estimate of drug-likeness (QED) is 0.866. The van der Waals surface area contributed by atoms with E-state index in [1.54, 1.807) is 0 Å². The molecule has 0 spiro atoms. The number of rotatable bonds is 2. The van der Waals surface area contributed by atoms with Crippen LogP contribution in [0.4, 0.5) is 4.39 Å². The monoisotopic (exact) mass is 285 g/mol. The maximum absolute atomic E-state index is 14.3. The lowest BCUT2D eigenvalue weighted by atomic mass is 10.00. The van der Waals surface area contributed by atoms with Crippen molar-refractivity contribution in [1.82, 2.24) is 5.32 Å². The molecule has 0 saturated carbocycles. The Hall–Kier alpha value is -0.410. The molecule has 0 radical (unpaired) electrons. The van der Waals surface area contributed by atoms with Gasteiger partial charge in [0.25, 0.3) is 0 Å². The van der Waals surface area contributed by atoms with Gasteiger partial charge in [0.15, 0.2) is 0 Å². The zero-order valence-corrected chi connectivity index (χ0v) is 10.8. The molecule has 16 heavy (non-hydrogen) atoms. The summed E-state index contributed by atoms with van der Waals surface area (Å²) in [5.41, 5.74) is 0.772. The molecule has 1 saturated heterocycles. The molecule has 1 nitrogen and oxygen atoms in total. The summed E-state index contributed by atoms with van der Waals surface area (Å²) in [5, 5.41) is 3.31. The smallest absolute Gasteiger partial charge is 0.140 e. The molecule has 0 aromatic heterocycles. The highest BCUT2D eigenvalue weighted by molar-refractivity contribution is 9.10. The Kier molecular flexibility index (Phi) is 4.36. The van der Waals surface area contributed by atoms with Crippen LogP contribution in [0.5, 0.6) is 0 Å². The summed E-state index contributed by atoms with van der Waals surface area (Å²) in [5.74, 6) is 0. The van der Waals surface area contributed by atoms with Crippen molar-refractivity contribution in [3.8, 4) is 0 Å². The van der Waals surface area contributed by atoms with Crippen molar-refractivity contribution in [2.24, 2.45) is 0 Å². The second kappa shape index (κ2) is 5.78. The van der Waals surface area contributed by atoms with Gasteiger partial charge in [-0.05, 0) is 37.1 Å². The number of hydrogen-bond donors (Lipinski definition) is 1. The molecule has 1 N–H and O–H groups in total. The van der Waals surface area contributed by atoms with Crippen LogP contribution in [0.3, 0.4) is 0 Å². The zero-order valence-electron chi connectivity index (χ0n) is 9.26. The lowest BCUT2D eigenvalue weighted by Crippen LogP contribution is -2.32.